The topological polar surface area (TPSA) is 69.9 Å². The fourth-order valence-electron chi connectivity index (χ4n) is 1.56. The largest absolute Gasteiger partial charge is 0.255 e. The summed E-state index contributed by atoms with van der Waals surface area (Å²) in [5.41, 5.74) is 2.58. The fourth-order valence-corrected chi connectivity index (χ4v) is 1.56. The van der Waals surface area contributed by atoms with E-state index in [0.29, 0.717) is 11.8 Å². The molecule has 4 heteroatoms. The van der Waals surface area contributed by atoms with Gasteiger partial charge in [-0.15, -0.1) is 0 Å². The maximum Gasteiger partial charge on any atom is 0.0949 e. The Labute approximate surface area is 122 Å². The molecule has 118 valence electrons. The van der Waals surface area contributed by atoms with E-state index >= 15 is 0 Å². The van der Waals surface area contributed by atoms with Gasteiger partial charge >= 0.3 is 0 Å². The molecule has 0 heterocycles. The summed E-state index contributed by atoms with van der Waals surface area (Å²) in [6.45, 7) is 14.3. The van der Waals surface area contributed by atoms with Crippen molar-refractivity contribution in [2.24, 2.45) is 0 Å². The van der Waals surface area contributed by atoms with Gasteiger partial charge in [-0.05, 0) is 43.7 Å². The molecule has 0 aliphatic rings. The van der Waals surface area contributed by atoms with Crippen LogP contribution in [0.4, 0.5) is 0 Å². The van der Waals surface area contributed by atoms with Crippen LogP contribution in [0.1, 0.15) is 71.4 Å². The molecule has 0 aromatic heterocycles. The van der Waals surface area contributed by atoms with Crippen molar-refractivity contribution in [2.75, 3.05) is 0 Å². The zero-order valence-corrected chi connectivity index (χ0v) is 13.7. The molecule has 0 fully saturated rings. The van der Waals surface area contributed by atoms with Crippen molar-refractivity contribution in [3.05, 3.63) is 35.4 Å². The van der Waals surface area contributed by atoms with Gasteiger partial charge in [-0.3, -0.25) is 15.8 Å². The number of benzene rings is 1. The standard InChI is InChI=1S/C12H18.C4H10O2.H2O2/c1-9(2)11-7-5-6-8-12(11)10(3)4;1-4(2,3)6-5;1-2/h5-10H,1-4H3;5H,1-3H3;1-2H. The summed E-state index contributed by atoms with van der Waals surface area (Å²) in [5, 5.41) is 19.9. The molecule has 0 unspecified atom stereocenters. The number of hydrogen-bond acceptors (Lipinski definition) is 4. The molecule has 0 aliphatic carbocycles. The molecule has 1 aromatic carbocycles. The van der Waals surface area contributed by atoms with Crippen LogP contribution >= 0.6 is 0 Å². The molecule has 0 aliphatic heterocycles. The highest BCUT2D eigenvalue weighted by molar-refractivity contribution is 5.31. The first kappa shape index (κ1) is 21.4. The smallest absolute Gasteiger partial charge is 0.0949 e. The zero-order chi connectivity index (χ0) is 16.3. The van der Waals surface area contributed by atoms with E-state index in [1.165, 1.54) is 11.1 Å². The molecule has 0 radical (unpaired) electrons. The quantitative estimate of drug-likeness (QED) is 0.514. The van der Waals surface area contributed by atoms with Gasteiger partial charge in [-0.2, -0.15) is 0 Å². The second kappa shape index (κ2) is 10.8. The summed E-state index contributed by atoms with van der Waals surface area (Å²) >= 11 is 0. The first-order chi connectivity index (χ1) is 9.19. The first-order valence-electron chi connectivity index (χ1n) is 6.80. The normalized spacial score (nSPS) is 10.6. The Hall–Kier alpha value is -0.940. The highest BCUT2D eigenvalue weighted by atomic mass is 17.1. The van der Waals surface area contributed by atoms with Crippen molar-refractivity contribution < 1.29 is 20.7 Å². The van der Waals surface area contributed by atoms with E-state index in [2.05, 4.69) is 56.8 Å². The van der Waals surface area contributed by atoms with Gasteiger partial charge in [-0.25, -0.2) is 4.89 Å². The third-order valence-electron chi connectivity index (χ3n) is 2.51. The minimum absolute atomic E-state index is 0.403. The maximum absolute atomic E-state index is 7.90. The molecule has 3 N–H and O–H groups in total. The lowest BCUT2D eigenvalue weighted by Crippen LogP contribution is -2.15. The van der Waals surface area contributed by atoms with Crippen LogP contribution in [0.3, 0.4) is 0 Å². The highest BCUT2D eigenvalue weighted by Crippen LogP contribution is 2.25. The Kier molecular flexibility index (Phi) is 11.5. The summed E-state index contributed by atoms with van der Waals surface area (Å²) < 4.78 is 0. The minimum atomic E-state index is -0.403. The monoisotopic (exact) mass is 286 g/mol. The summed E-state index contributed by atoms with van der Waals surface area (Å²) in [5.74, 6) is 1.28. The summed E-state index contributed by atoms with van der Waals surface area (Å²) in [4.78, 5) is 3.94. The van der Waals surface area contributed by atoms with Crippen molar-refractivity contribution in [1.29, 1.82) is 0 Å². The average molecular weight is 286 g/mol. The van der Waals surface area contributed by atoms with Crippen LogP contribution in [0, 0.1) is 0 Å². The van der Waals surface area contributed by atoms with Gasteiger partial charge in [0.05, 0.1) is 5.60 Å². The molecule has 1 rings (SSSR count). The van der Waals surface area contributed by atoms with E-state index in [4.69, 9.17) is 15.8 Å². The van der Waals surface area contributed by atoms with Crippen molar-refractivity contribution >= 4 is 0 Å². The third-order valence-corrected chi connectivity index (χ3v) is 2.51. The maximum atomic E-state index is 7.90. The van der Waals surface area contributed by atoms with E-state index in [1.54, 1.807) is 20.8 Å². The Balaban J connectivity index is 0. The number of rotatable bonds is 2. The van der Waals surface area contributed by atoms with Crippen molar-refractivity contribution in [1.82, 2.24) is 0 Å². The Bertz CT molecular complexity index is 314. The lowest BCUT2D eigenvalue weighted by Gasteiger charge is -2.14. The van der Waals surface area contributed by atoms with E-state index in [9.17, 15) is 0 Å². The lowest BCUT2D eigenvalue weighted by molar-refractivity contribution is -0.306. The Morgan fingerprint density at radius 2 is 1.10 bits per heavy atom. The van der Waals surface area contributed by atoms with Crippen LogP contribution in [0.5, 0.6) is 0 Å². The van der Waals surface area contributed by atoms with Crippen molar-refractivity contribution in [3.63, 3.8) is 0 Å². The SMILES string of the molecule is CC(C)(C)OO.CC(C)c1ccccc1C(C)C.OO. The van der Waals surface area contributed by atoms with Gasteiger partial charge in [0.2, 0.25) is 0 Å². The van der Waals surface area contributed by atoms with E-state index < -0.39 is 5.60 Å². The molecule has 0 bridgehead atoms. The van der Waals surface area contributed by atoms with Gasteiger partial charge in [0.1, 0.15) is 0 Å². The van der Waals surface area contributed by atoms with Crippen LogP contribution in [0.2, 0.25) is 0 Å². The fraction of sp³-hybridized carbons (Fsp3) is 0.625. The Morgan fingerprint density at radius 1 is 0.850 bits per heavy atom. The molecule has 0 amide bonds. The molecule has 0 saturated heterocycles. The molecule has 0 spiro atoms. The molecule has 4 nitrogen and oxygen atoms in total. The van der Waals surface area contributed by atoms with Crippen LogP contribution in [-0.4, -0.2) is 21.4 Å². The van der Waals surface area contributed by atoms with Crippen LogP contribution in [0.25, 0.3) is 0 Å². The van der Waals surface area contributed by atoms with Crippen molar-refractivity contribution in [2.45, 2.75) is 65.9 Å². The van der Waals surface area contributed by atoms with Crippen LogP contribution < -0.4 is 0 Å². The lowest BCUT2D eigenvalue weighted by atomic mass is 9.91. The molecule has 20 heavy (non-hydrogen) atoms. The van der Waals surface area contributed by atoms with Gasteiger partial charge in [0.25, 0.3) is 0 Å². The van der Waals surface area contributed by atoms with Crippen LogP contribution in [-0.2, 0) is 4.89 Å². The average Bonchev–Trinajstić information content (AvgIpc) is 2.40. The molecule has 0 atom stereocenters. The zero-order valence-electron chi connectivity index (χ0n) is 13.7. The predicted octanol–water partition coefficient (Wildman–Crippen LogP) is 5.23. The van der Waals surface area contributed by atoms with Crippen LogP contribution in [0.15, 0.2) is 24.3 Å². The summed E-state index contributed by atoms with van der Waals surface area (Å²) in [7, 11) is 0. The van der Waals surface area contributed by atoms with Gasteiger partial charge in [0, 0.05) is 0 Å². The third kappa shape index (κ3) is 9.92. The van der Waals surface area contributed by atoms with E-state index in [0.717, 1.165) is 0 Å². The van der Waals surface area contributed by atoms with Gasteiger partial charge in [-0.1, -0.05) is 52.0 Å². The van der Waals surface area contributed by atoms with E-state index in [-0.39, 0.29) is 0 Å². The predicted molar refractivity (Wildman–Crippen MR) is 83.3 cm³/mol. The Morgan fingerprint density at radius 3 is 1.25 bits per heavy atom. The summed E-state index contributed by atoms with van der Waals surface area (Å²) in [6, 6.07) is 8.72. The molecular weight excluding hydrogens is 256 g/mol. The van der Waals surface area contributed by atoms with Crippen molar-refractivity contribution in [3.8, 4) is 0 Å². The highest BCUT2D eigenvalue weighted by Gasteiger charge is 2.08. The molecule has 1 aromatic rings. The van der Waals surface area contributed by atoms with E-state index in [1.807, 2.05) is 0 Å². The second-order valence-electron chi connectivity index (χ2n) is 6.14. The van der Waals surface area contributed by atoms with Gasteiger partial charge < -0.3 is 0 Å². The number of hydrogen-bond donors (Lipinski definition) is 3. The summed E-state index contributed by atoms with van der Waals surface area (Å²) in [6.07, 6.45) is 0. The molecule has 0 saturated carbocycles. The van der Waals surface area contributed by atoms with Gasteiger partial charge in [0.15, 0.2) is 0 Å². The first-order valence-corrected chi connectivity index (χ1v) is 6.80. The second-order valence-corrected chi connectivity index (χ2v) is 6.14. The minimum Gasteiger partial charge on any atom is -0.255 e. The molecular formula is C16H30O4.